The van der Waals surface area contributed by atoms with E-state index in [2.05, 4.69) is 5.32 Å². The number of rotatable bonds is 3. The molecule has 19 heavy (non-hydrogen) atoms. The number of carbonyl (C=O) groups is 1. The maximum absolute atomic E-state index is 12.9. The number of halogens is 3. The van der Waals surface area contributed by atoms with Crippen LogP contribution < -0.4 is 5.32 Å². The predicted octanol–water partition coefficient (Wildman–Crippen LogP) is 2.05. The second-order valence-corrected chi connectivity index (χ2v) is 5.03. The van der Waals surface area contributed by atoms with Crippen molar-refractivity contribution in [1.82, 2.24) is 10.2 Å². The molecule has 0 bridgehead atoms. The van der Waals surface area contributed by atoms with Crippen molar-refractivity contribution < 1.29 is 18.0 Å². The summed E-state index contributed by atoms with van der Waals surface area (Å²) < 4.78 is 38.1. The highest BCUT2D eigenvalue weighted by Crippen LogP contribution is 2.46. The fourth-order valence-electron chi connectivity index (χ4n) is 2.52. The van der Waals surface area contributed by atoms with Crippen LogP contribution in [0, 0.1) is 5.82 Å². The van der Waals surface area contributed by atoms with Gasteiger partial charge in [-0.25, -0.2) is 13.2 Å². The molecular formula is C13H13F3N2O. The smallest absolute Gasteiger partial charge is 0.255 e. The highest BCUT2D eigenvalue weighted by molar-refractivity contribution is 5.92. The lowest BCUT2D eigenvalue weighted by Crippen LogP contribution is -2.35. The van der Waals surface area contributed by atoms with Crippen LogP contribution in [0.3, 0.4) is 0 Å². The third-order valence-corrected chi connectivity index (χ3v) is 3.67. The minimum Gasteiger partial charge on any atom is -0.316 e. The van der Waals surface area contributed by atoms with Crippen LogP contribution in [0.5, 0.6) is 0 Å². The Morgan fingerprint density at radius 2 is 1.95 bits per heavy atom. The summed E-state index contributed by atoms with van der Waals surface area (Å²) >= 11 is 0. The van der Waals surface area contributed by atoms with Crippen LogP contribution in [0.2, 0.25) is 0 Å². The van der Waals surface area contributed by atoms with Gasteiger partial charge in [0.1, 0.15) is 17.5 Å². The predicted molar refractivity (Wildman–Crippen MR) is 62.0 cm³/mol. The second kappa shape index (κ2) is 4.23. The van der Waals surface area contributed by atoms with Crippen molar-refractivity contribution in [3.05, 3.63) is 35.6 Å². The van der Waals surface area contributed by atoms with Crippen molar-refractivity contribution >= 4 is 5.91 Å². The number of nitrogens with zero attached hydrogens (tertiary/aromatic N) is 1. The highest BCUT2D eigenvalue weighted by atomic mass is 19.3. The standard InChI is InChI=1S/C13H13F3N2O/c14-9-3-1-8(2-4-9)11-17-13(5-6-13)12(19)18(11)7-10(15)16/h1-4,10-11,17H,5-7H2. The van der Waals surface area contributed by atoms with Gasteiger partial charge in [0.05, 0.1) is 6.54 Å². The van der Waals surface area contributed by atoms with Crippen LogP contribution in [0.25, 0.3) is 0 Å². The number of alkyl halides is 2. The molecule has 3 nitrogen and oxygen atoms in total. The number of hydrogen-bond acceptors (Lipinski definition) is 2. The maximum atomic E-state index is 12.9. The van der Waals surface area contributed by atoms with E-state index >= 15 is 0 Å². The molecular weight excluding hydrogens is 257 g/mol. The molecule has 1 N–H and O–H groups in total. The van der Waals surface area contributed by atoms with E-state index in [0.29, 0.717) is 18.4 Å². The van der Waals surface area contributed by atoms with Gasteiger partial charge in [0.2, 0.25) is 5.91 Å². The summed E-state index contributed by atoms with van der Waals surface area (Å²) in [6, 6.07) is 5.56. The number of hydrogen-bond donors (Lipinski definition) is 1. The van der Waals surface area contributed by atoms with E-state index in [9.17, 15) is 18.0 Å². The third kappa shape index (κ3) is 2.10. The first-order chi connectivity index (χ1) is 9.02. The quantitative estimate of drug-likeness (QED) is 0.911. The molecule has 3 rings (SSSR count). The first kappa shape index (κ1) is 12.5. The normalized spacial score (nSPS) is 24.5. The molecule has 1 saturated carbocycles. The molecule has 6 heteroatoms. The molecule has 1 aliphatic heterocycles. The molecule has 1 saturated heterocycles. The van der Waals surface area contributed by atoms with E-state index in [-0.39, 0.29) is 5.91 Å². The molecule has 1 heterocycles. The molecule has 1 unspecified atom stereocenters. The molecule has 2 fully saturated rings. The van der Waals surface area contributed by atoms with E-state index < -0.39 is 30.5 Å². The Morgan fingerprint density at radius 3 is 2.47 bits per heavy atom. The molecule has 102 valence electrons. The number of carbonyl (C=O) groups excluding carboxylic acids is 1. The lowest BCUT2D eigenvalue weighted by atomic mass is 10.1. The van der Waals surface area contributed by atoms with E-state index in [4.69, 9.17) is 0 Å². The van der Waals surface area contributed by atoms with E-state index in [1.165, 1.54) is 24.3 Å². The maximum Gasteiger partial charge on any atom is 0.255 e. The van der Waals surface area contributed by atoms with Crippen LogP contribution >= 0.6 is 0 Å². The van der Waals surface area contributed by atoms with Crippen molar-refractivity contribution in [1.29, 1.82) is 0 Å². The van der Waals surface area contributed by atoms with Gasteiger partial charge in [-0.15, -0.1) is 0 Å². The molecule has 1 aromatic carbocycles. The summed E-state index contributed by atoms with van der Waals surface area (Å²) in [5.74, 6) is -0.670. The number of nitrogens with one attached hydrogen (secondary N) is 1. The van der Waals surface area contributed by atoms with Gasteiger partial charge < -0.3 is 4.90 Å². The molecule has 1 spiro atoms. The molecule has 0 radical (unpaired) electrons. The topological polar surface area (TPSA) is 32.3 Å². The third-order valence-electron chi connectivity index (χ3n) is 3.67. The summed E-state index contributed by atoms with van der Waals surface area (Å²) in [5, 5.41) is 3.10. The number of benzene rings is 1. The monoisotopic (exact) mass is 270 g/mol. The fraction of sp³-hybridized carbons (Fsp3) is 0.462. The van der Waals surface area contributed by atoms with E-state index in [0.717, 1.165) is 4.90 Å². The largest absolute Gasteiger partial charge is 0.316 e. The van der Waals surface area contributed by atoms with Crippen LogP contribution in [-0.2, 0) is 4.79 Å². The zero-order valence-corrected chi connectivity index (χ0v) is 10.1. The Balaban J connectivity index is 1.89. The van der Waals surface area contributed by atoms with Crippen LogP contribution in [0.15, 0.2) is 24.3 Å². The van der Waals surface area contributed by atoms with Crippen molar-refractivity contribution in [2.45, 2.75) is 31.0 Å². The average Bonchev–Trinajstić information content (AvgIpc) is 3.09. The fourth-order valence-corrected chi connectivity index (χ4v) is 2.52. The van der Waals surface area contributed by atoms with Crippen molar-refractivity contribution in [2.24, 2.45) is 0 Å². The van der Waals surface area contributed by atoms with Crippen LogP contribution in [0.1, 0.15) is 24.6 Å². The van der Waals surface area contributed by atoms with Gasteiger partial charge in [-0.2, -0.15) is 0 Å². The van der Waals surface area contributed by atoms with Crippen molar-refractivity contribution in [3.8, 4) is 0 Å². The average molecular weight is 270 g/mol. The summed E-state index contributed by atoms with van der Waals surface area (Å²) in [4.78, 5) is 13.3. The first-order valence-corrected chi connectivity index (χ1v) is 6.14. The van der Waals surface area contributed by atoms with Crippen LogP contribution in [0.4, 0.5) is 13.2 Å². The lowest BCUT2D eigenvalue weighted by molar-refractivity contribution is -0.132. The number of amides is 1. The minimum atomic E-state index is -2.58. The van der Waals surface area contributed by atoms with Crippen molar-refractivity contribution in [2.75, 3.05) is 6.54 Å². The Kier molecular flexibility index (Phi) is 2.78. The summed E-state index contributed by atoms with van der Waals surface area (Å²) in [6.45, 7) is -0.602. The van der Waals surface area contributed by atoms with E-state index in [1.807, 2.05) is 0 Å². The summed E-state index contributed by atoms with van der Waals surface area (Å²) in [6.07, 6.45) is -1.83. The van der Waals surface area contributed by atoms with Crippen LogP contribution in [-0.4, -0.2) is 29.3 Å². The lowest BCUT2D eigenvalue weighted by Gasteiger charge is -2.24. The highest BCUT2D eigenvalue weighted by Gasteiger charge is 2.59. The van der Waals surface area contributed by atoms with Crippen molar-refractivity contribution in [3.63, 3.8) is 0 Å². The SMILES string of the molecule is O=C1N(CC(F)F)C(c2ccc(F)cc2)NC12CC2. The van der Waals surface area contributed by atoms with Gasteiger partial charge in [-0.05, 0) is 30.5 Å². The van der Waals surface area contributed by atoms with Gasteiger partial charge in [0, 0.05) is 0 Å². The Bertz CT molecular complexity index is 499. The van der Waals surface area contributed by atoms with Gasteiger partial charge in [-0.1, -0.05) is 12.1 Å². The molecule has 1 aromatic rings. The molecule has 0 aromatic heterocycles. The summed E-state index contributed by atoms with van der Waals surface area (Å²) in [7, 11) is 0. The minimum absolute atomic E-state index is 0.276. The molecule has 2 aliphatic rings. The Hall–Kier alpha value is -1.56. The summed E-state index contributed by atoms with van der Waals surface area (Å²) in [5.41, 5.74) is -0.0346. The zero-order chi connectivity index (χ0) is 13.6. The zero-order valence-electron chi connectivity index (χ0n) is 10.1. The Morgan fingerprint density at radius 1 is 1.32 bits per heavy atom. The van der Waals surface area contributed by atoms with Gasteiger partial charge in [-0.3, -0.25) is 10.1 Å². The van der Waals surface area contributed by atoms with E-state index in [1.54, 1.807) is 0 Å². The molecule has 1 amide bonds. The van der Waals surface area contributed by atoms with Gasteiger partial charge in [0.15, 0.2) is 0 Å². The molecule has 1 atom stereocenters. The molecule has 1 aliphatic carbocycles. The Labute approximate surface area is 108 Å². The second-order valence-electron chi connectivity index (χ2n) is 5.03. The van der Waals surface area contributed by atoms with Gasteiger partial charge in [0.25, 0.3) is 6.43 Å². The first-order valence-electron chi connectivity index (χ1n) is 6.14. The van der Waals surface area contributed by atoms with Gasteiger partial charge >= 0.3 is 0 Å².